The van der Waals surface area contributed by atoms with Crippen LogP contribution in [-0.2, 0) is 11.2 Å². The van der Waals surface area contributed by atoms with E-state index in [4.69, 9.17) is 14.7 Å². The third kappa shape index (κ3) is 3.34. The van der Waals surface area contributed by atoms with Gasteiger partial charge in [0.2, 0.25) is 5.95 Å². The summed E-state index contributed by atoms with van der Waals surface area (Å²) in [4.78, 5) is 9.84. The molecule has 0 amide bonds. The Balaban J connectivity index is 1.36. The molecule has 2 aromatic heterocycles. The van der Waals surface area contributed by atoms with Gasteiger partial charge < -0.3 is 10.1 Å². The Hall–Kier alpha value is -2.99. The van der Waals surface area contributed by atoms with E-state index >= 15 is 0 Å². The minimum absolute atomic E-state index is 0.328. The zero-order valence-corrected chi connectivity index (χ0v) is 18.8. The van der Waals surface area contributed by atoms with Gasteiger partial charge in [0.25, 0.3) is 0 Å². The first-order valence-corrected chi connectivity index (χ1v) is 11.8. The molecule has 0 saturated carbocycles. The number of nitrogens with one attached hydrogen (secondary N) is 1. The lowest BCUT2D eigenvalue weighted by atomic mass is 9.88. The van der Waals surface area contributed by atoms with Crippen molar-refractivity contribution in [1.82, 2.24) is 19.6 Å². The summed E-state index contributed by atoms with van der Waals surface area (Å²) in [6.07, 6.45) is 9.43. The molecule has 6 nitrogen and oxygen atoms in total. The number of ether oxygens (including phenoxy) is 1. The number of aromatic nitrogens is 4. The lowest BCUT2D eigenvalue weighted by Gasteiger charge is -2.26. The van der Waals surface area contributed by atoms with Gasteiger partial charge >= 0.3 is 0 Å². The van der Waals surface area contributed by atoms with Crippen LogP contribution in [0.2, 0.25) is 0 Å². The molecule has 1 atom stereocenters. The normalized spacial score (nSPS) is 20.5. The van der Waals surface area contributed by atoms with Crippen LogP contribution in [0.25, 0.3) is 16.8 Å². The van der Waals surface area contributed by atoms with Gasteiger partial charge in [-0.15, -0.1) is 0 Å². The third-order valence-corrected chi connectivity index (χ3v) is 6.97. The second-order valence-electron chi connectivity index (χ2n) is 9.43. The van der Waals surface area contributed by atoms with Gasteiger partial charge in [-0.3, -0.25) is 0 Å². The van der Waals surface area contributed by atoms with Gasteiger partial charge in [-0.25, -0.2) is 4.98 Å². The van der Waals surface area contributed by atoms with E-state index in [1.165, 1.54) is 16.7 Å². The summed E-state index contributed by atoms with van der Waals surface area (Å²) in [7, 11) is 0. The molecule has 2 aliphatic carbocycles. The zero-order valence-electron chi connectivity index (χ0n) is 18.8. The molecule has 164 valence electrons. The molecule has 0 radical (unpaired) electrons. The number of fused-ring (bicyclic) bond motifs is 3. The number of benzene rings is 1. The highest BCUT2D eigenvalue weighted by Crippen LogP contribution is 2.42. The highest BCUT2D eigenvalue weighted by molar-refractivity contribution is 5.77. The highest BCUT2D eigenvalue weighted by Gasteiger charge is 2.29. The fraction of sp³-hybridized carbons (Fsp3) is 0.423. The van der Waals surface area contributed by atoms with Crippen LogP contribution in [0.4, 0.5) is 5.95 Å². The summed E-state index contributed by atoms with van der Waals surface area (Å²) in [5.41, 5.74) is 9.16. The molecule has 6 heteroatoms. The number of hydrogen-bond acceptors (Lipinski definition) is 5. The molecule has 1 aromatic carbocycles. The van der Waals surface area contributed by atoms with E-state index in [-0.39, 0.29) is 0 Å². The molecule has 3 aliphatic rings. The van der Waals surface area contributed by atoms with Crippen LogP contribution in [0.5, 0.6) is 0 Å². The van der Waals surface area contributed by atoms with Crippen LogP contribution < -0.4 is 5.32 Å². The van der Waals surface area contributed by atoms with Crippen molar-refractivity contribution in [1.29, 1.82) is 0 Å². The molecule has 3 heterocycles. The summed E-state index contributed by atoms with van der Waals surface area (Å²) in [6.45, 7) is 5.70. The topological polar surface area (TPSA) is 64.3 Å². The Kier molecular flexibility index (Phi) is 4.83. The second kappa shape index (κ2) is 7.85. The van der Waals surface area contributed by atoms with Crippen molar-refractivity contribution in [3.05, 3.63) is 64.6 Å². The molecule has 3 aromatic rings. The Labute approximate surface area is 188 Å². The van der Waals surface area contributed by atoms with Gasteiger partial charge in [0, 0.05) is 17.2 Å². The van der Waals surface area contributed by atoms with Crippen LogP contribution in [-0.4, -0.2) is 38.8 Å². The average Bonchev–Trinajstić information content (AvgIpc) is 3.41. The van der Waals surface area contributed by atoms with Crippen LogP contribution in [0, 0.1) is 0 Å². The summed E-state index contributed by atoms with van der Waals surface area (Å²) >= 11 is 0. The first-order valence-electron chi connectivity index (χ1n) is 11.8. The Morgan fingerprint density at radius 1 is 1.19 bits per heavy atom. The van der Waals surface area contributed by atoms with Crippen LogP contribution in [0.1, 0.15) is 68.0 Å². The minimum Gasteiger partial charge on any atom is -0.376 e. The third-order valence-electron chi connectivity index (χ3n) is 6.97. The predicted octanol–water partition coefficient (Wildman–Crippen LogP) is 5.03. The SMILES string of the molecule is CC(C)c1cnn2c(N[C@@H]3CCC4=C(C3)c3ccccc3C4)nc(C3=CCCOC3)nc12. The van der Waals surface area contributed by atoms with E-state index < -0.39 is 0 Å². The van der Waals surface area contributed by atoms with E-state index in [9.17, 15) is 0 Å². The summed E-state index contributed by atoms with van der Waals surface area (Å²) in [5.74, 6) is 1.88. The van der Waals surface area contributed by atoms with Gasteiger partial charge in [0.05, 0.1) is 19.4 Å². The predicted molar refractivity (Wildman–Crippen MR) is 127 cm³/mol. The van der Waals surface area contributed by atoms with Crippen molar-refractivity contribution >= 4 is 22.7 Å². The number of anilines is 1. The molecule has 1 aliphatic heterocycles. The monoisotopic (exact) mass is 427 g/mol. The molecule has 32 heavy (non-hydrogen) atoms. The first-order chi connectivity index (χ1) is 15.7. The number of allylic oxidation sites excluding steroid dienone is 1. The van der Waals surface area contributed by atoms with E-state index in [1.807, 2.05) is 10.7 Å². The minimum atomic E-state index is 0.328. The van der Waals surface area contributed by atoms with Crippen molar-refractivity contribution in [3.8, 4) is 0 Å². The summed E-state index contributed by atoms with van der Waals surface area (Å²) in [5, 5.41) is 8.41. The summed E-state index contributed by atoms with van der Waals surface area (Å²) in [6, 6.07) is 9.18. The maximum atomic E-state index is 5.68. The van der Waals surface area contributed by atoms with Crippen LogP contribution in [0.3, 0.4) is 0 Å². The molecular weight excluding hydrogens is 398 g/mol. The highest BCUT2D eigenvalue weighted by atomic mass is 16.5. The number of nitrogens with zero attached hydrogens (tertiary/aromatic N) is 4. The molecule has 0 saturated heterocycles. The van der Waals surface area contributed by atoms with Crippen molar-refractivity contribution < 1.29 is 4.74 Å². The van der Waals surface area contributed by atoms with Crippen molar-refractivity contribution in [3.63, 3.8) is 0 Å². The van der Waals surface area contributed by atoms with Crippen LogP contribution >= 0.6 is 0 Å². The molecule has 0 fully saturated rings. The molecule has 6 rings (SSSR count). The first kappa shape index (κ1) is 19.7. The van der Waals surface area contributed by atoms with Gasteiger partial charge in [0.15, 0.2) is 11.5 Å². The lowest BCUT2D eigenvalue weighted by molar-refractivity contribution is 0.164. The second-order valence-corrected chi connectivity index (χ2v) is 9.43. The number of rotatable bonds is 4. The molecular formula is C26H29N5O. The van der Waals surface area contributed by atoms with Crippen molar-refractivity contribution in [2.45, 2.75) is 57.9 Å². The van der Waals surface area contributed by atoms with E-state index in [0.29, 0.717) is 18.6 Å². The Morgan fingerprint density at radius 2 is 2.09 bits per heavy atom. The Morgan fingerprint density at radius 3 is 2.94 bits per heavy atom. The average molecular weight is 428 g/mol. The standard InChI is InChI=1S/C26H29N5O/c1-16(2)23-14-27-31-25(23)29-24(19-7-5-11-32-15-19)30-26(31)28-20-10-9-18-12-17-6-3-4-8-21(17)22(18)13-20/h3-4,6-8,14,16,20H,5,9-13,15H2,1-2H3,(H,28,29,30)/t20-/m1/s1. The quantitative estimate of drug-likeness (QED) is 0.633. The van der Waals surface area contributed by atoms with Gasteiger partial charge in [-0.1, -0.05) is 49.8 Å². The van der Waals surface area contributed by atoms with Gasteiger partial charge in [-0.2, -0.15) is 14.6 Å². The van der Waals surface area contributed by atoms with Crippen LogP contribution in [0.15, 0.2) is 42.1 Å². The summed E-state index contributed by atoms with van der Waals surface area (Å²) < 4.78 is 7.57. The maximum absolute atomic E-state index is 5.68. The van der Waals surface area contributed by atoms with E-state index in [0.717, 1.165) is 67.3 Å². The smallest absolute Gasteiger partial charge is 0.228 e. The number of hydrogen-bond donors (Lipinski definition) is 1. The van der Waals surface area contributed by atoms with E-state index in [1.54, 1.807) is 5.57 Å². The van der Waals surface area contributed by atoms with E-state index in [2.05, 4.69) is 54.6 Å². The zero-order chi connectivity index (χ0) is 21.7. The molecule has 1 N–H and O–H groups in total. The molecule has 0 unspecified atom stereocenters. The van der Waals surface area contributed by atoms with Crippen molar-refractivity contribution in [2.75, 3.05) is 18.5 Å². The maximum Gasteiger partial charge on any atom is 0.228 e. The molecule has 0 bridgehead atoms. The lowest BCUT2D eigenvalue weighted by Crippen LogP contribution is -2.26. The fourth-order valence-corrected chi connectivity index (χ4v) is 5.24. The Bertz CT molecular complexity index is 1250. The fourth-order valence-electron chi connectivity index (χ4n) is 5.24. The van der Waals surface area contributed by atoms with Gasteiger partial charge in [-0.05, 0) is 54.7 Å². The van der Waals surface area contributed by atoms with Crippen molar-refractivity contribution in [2.24, 2.45) is 0 Å². The molecule has 0 spiro atoms. The van der Waals surface area contributed by atoms with Gasteiger partial charge in [0.1, 0.15) is 0 Å². The largest absolute Gasteiger partial charge is 0.376 e.